The summed E-state index contributed by atoms with van der Waals surface area (Å²) in [6.07, 6.45) is 8.47. The summed E-state index contributed by atoms with van der Waals surface area (Å²) in [7, 11) is 0. The highest BCUT2D eigenvalue weighted by Crippen LogP contribution is 2.22. The first-order valence-electron chi connectivity index (χ1n) is 12.5. The molecule has 0 heterocycles. The third-order valence-corrected chi connectivity index (χ3v) is 6.01. The molecule has 3 N–H and O–H groups in total. The SMILES string of the molecule is CCCCCCCCCCCCCCCCC=[N+](CCCC(N)(C(=O)O)C(F)F)C(F)(F)F. The van der Waals surface area contributed by atoms with Gasteiger partial charge in [-0.05, 0) is 12.8 Å². The minimum atomic E-state index is -4.64. The zero-order chi connectivity index (χ0) is 25.2. The fourth-order valence-corrected chi connectivity index (χ4v) is 3.76. The van der Waals surface area contributed by atoms with E-state index in [0.29, 0.717) is 6.42 Å². The second kappa shape index (κ2) is 18.1. The number of aliphatic carboxylic acids is 1. The summed E-state index contributed by atoms with van der Waals surface area (Å²) in [5, 5.41) is 8.83. The number of rotatable bonds is 21. The molecule has 0 saturated carbocycles. The number of carbonyl (C=O) groups is 1. The Labute approximate surface area is 195 Å². The Kier molecular flexibility index (Phi) is 17.4. The van der Waals surface area contributed by atoms with Crippen LogP contribution in [0, 0.1) is 0 Å². The van der Waals surface area contributed by atoms with Crippen LogP contribution in [-0.4, -0.2) is 46.7 Å². The van der Waals surface area contributed by atoms with Crippen molar-refractivity contribution >= 4 is 12.2 Å². The number of hydrogen-bond acceptors (Lipinski definition) is 2. The molecule has 0 rings (SSSR count). The Bertz CT molecular complexity index is 541. The number of carboxylic acids is 1. The average molecular weight is 488 g/mol. The van der Waals surface area contributed by atoms with Gasteiger partial charge >= 0.3 is 12.3 Å². The number of halogens is 5. The van der Waals surface area contributed by atoms with Crippen LogP contribution in [0.15, 0.2) is 0 Å². The van der Waals surface area contributed by atoms with E-state index in [-0.39, 0.29) is 11.0 Å². The lowest BCUT2D eigenvalue weighted by Gasteiger charge is -2.23. The molecule has 1 unspecified atom stereocenters. The Morgan fingerprint density at radius 1 is 0.848 bits per heavy atom. The molecule has 0 aromatic heterocycles. The van der Waals surface area contributed by atoms with E-state index in [2.05, 4.69) is 6.92 Å². The van der Waals surface area contributed by atoms with Crippen LogP contribution in [0.5, 0.6) is 0 Å². The van der Waals surface area contributed by atoms with Crippen molar-refractivity contribution in [2.45, 2.75) is 134 Å². The van der Waals surface area contributed by atoms with Crippen LogP contribution in [-0.2, 0) is 4.79 Å². The van der Waals surface area contributed by atoms with Crippen LogP contribution >= 0.6 is 0 Å². The van der Waals surface area contributed by atoms with Crippen LogP contribution in [0.3, 0.4) is 0 Å². The summed E-state index contributed by atoms with van der Waals surface area (Å²) >= 11 is 0. The van der Waals surface area contributed by atoms with Crippen LogP contribution < -0.4 is 5.73 Å². The van der Waals surface area contributed by atoms with E-state index in [1.165, 1.54) is 57.8 Å². The molecule has 0 saturated heterocycles. The smallest absolute Gasteiger partial charge is 0.480 e. The molecular weight excluding hydrogens is 443 g/mol. The largest absolute Gasteiger partial charge is 0.632 e. The van der Waals surface area contributed by atoms with Crippen molar-refractivity contribution in [3.8, 4) is 0 Å². The average Bonchev–Trinajstić information content (AvgIpc) is 2.73. The van der Waals surface area contributed by atoms with Gasteiger partial charge in [-0.15, -0.1) is 17.7 Å². The number of unbranched alkanes of at least 4 members (excludes halogenated alkanes) is 14. The predicted octanol–water partition coefficient (Wildman–Crippen LogP) is 7.29. The molecule has 4 nitrogen and oxygen atoms in total. The van der Waals surface area contributed by atoms with Crippen LogP contribution in [0.25, 0.3) is 0 Å². The number of nitrogens with two attached hydrogens (primary N) is 1. The standard InChI is InChI=1S/C24H43F5N2O2/c1-2-3-4-5-6-7-8-9-10-11-12-13-14-15-16-19-31(24(27,28)29)20-17-18-23(30,21(25)26)22(32)33/h19,21H,2-18,20,30H2,1H3/p+1. The molecule has 0 aliphatic rings. The number of carboxylic acid groups (broad SMARTS) is 1. The van der Waals surface area contributed by atoms with Crippen molar-refractivity contribution in [1.82, 2.24) is 0 Å². The van der Waals surface area contributed by atoms with Gasteiger partial charge in [0.15, 0.2) is 12.1 Å². The first-order valence-corrected chi connectivity index (χ1v) is 12.5. The molecule has 0 bridgehead atoms. The maximum atomic E-state index is 13.1. The van der Waals surface area contributed by atoms with Gasteiger partial charge in [0.2, 0.25) is 0 Å². The predicted molar refractivity (Wildman–Crippen MR) is 122 cm³/mol. The zero-order valence-electron chi connectivity index (χ0n) is 20.2. The molecule has 0 aliphatic carbocycles. The van der Waals surface area contributed by atoms with E-state index < -0.39 is 43.6 Å². The summed E-state index contributed by atoms with van der Waals surface area (Å²) in [6.45, 7) is 1.62. The Morgan fingerprint density at radius 2 is 1.27 bits per heavy atom. The minimum Gasteiger partial charge on any atom is -0.480 e. The highest BCUT2D eigenvalue weighted by Gasteiger charge is 2.46. The van der Waals surface area contributed by atoms with Crippen molar-refractivity contribution in [2.24, 2.45) is 5.73 Å². The van der Waals surface area contributed by atoms with Gasteiger partial charge in [0.05, 0.1) is 0 Å². The van der Waals surface area contributed by atoms with Gasteiger partial charge in [-0.1, -0.05) is 90.4 Å². The van der Waals surface area contributed by atoms with Gasteiger partial charge in [-0.3, -0.25) is 0 Å². The fraction of sp³-hybridized carbons (Fsp3) is 0.917. The first kappa shape index (κ1) is 31.8. The van der Waals surface area contributed by atoms with Crippen molar-refractivity contribution < 1.29 is 36.4 Å². The van der Waals surface area contributed by atoms with Crippen LogP contribution in [0.1, 0.15) is 116 Å². The molecular formula is C24H44F5N2O2+. The van der Waals surface area contributed by atoms with E-state index in [9.17, 15) is 26.7 Å². The van der Waals surface area contributed by atoms with Gasteiger partial charge in [-0.25, -0.2) is 13.6 Å². The molecule has 0 aliphatic heterocycles. The van der Waals surface area contributed by atoms with Crippen LogP contribution in [0.4, 0.5) is 22.0 Å². The summed E-state index contributed by atoms with van der Waals surface area (Å²) in [5.74, 6) is -1.91. The minimum absolute atomic E-state index is 0.142. The summed E-state index contributed by atoms with van der Waals surface area (Å²) < 4.78 is 65.2. The van der Waals surface area contributed by atoms with Crippen LogP contribution in [0.2, 0.25) is 0 Å². The fourth-order valence-electron chi connectivity index (χ4n) is 3.76. The topological polar surface area (TPSA) is 66.3 Å². The Balaban J connectivity index is 3.99. The van der Waals surface area contributed by atoms with Gasteiger partial charge in [-0.2, -0.15) is 0 Å². The Hall–Kier alpha value is -1.25. The molecule has 196 valence electrons. The highest BCUT2D eigenvalue weighted by molar-refractivity contribution is 5.79. The van der Waals surface area contributed by atoms with Crippen molar-refractivity contribution in [1.29, 1.82) is 0 Å². The molecule has 0 spiro atoms. The van der Waals surface area contributed by atoms with E-state index in [1.54, 1.807) is 0 Å². The highest BCUT2D eigenvalue weighted by atomic mass is 19.4. The maximum absolute atomic E-state index is 13.1. The zero-order valence-corrected chi connectivity index (χ0v) is 20.2. The summed E-state index contributed by atoms with van der Waals surface area (Å²) in [5.41, 5.74) is 2.33. The molecule has 1 atom stereocenters. The second-order valence-electron chi connectivity index (χ2n) is 8.98. The summed E-state index contributed by atoms with van der Waals surface area (Å²) in [6, 6.07) is 0. The normalized spacial score (nSPS) is 14.6. The van der Waals surface area contributed by atoms with E-state index >= 15 is 0 Å². The van der Waals surface area contributed by atoms with Crippen molar-refractivity contribution in [3.63, 3.8) is 0 Å². The third-order valence-electron chi connectivity index (χ3n) is 6.01. The quantitative estimate of drug-likeness (QED) is 0.0587. The van der Waals surface area contributed by atoms with E-state index in [1.807, 2.05) is 0 Å². The number of nitrogens with zero attached hydrogens (tertiary/aromatic N) is 1. The molecule has 0 aromatic rings. The first-order chi connectivity index (χ1) is 15.6. The summed E-state index contributed by atoms with van der Waals surface area (Å²) in [4.78, 5) is 10.9. The van der Waals surface area contributed by atoms with Crippen molar-refractivity contribution in [3.05, 3.63) is 0 Å². The molecule has 0 fully saturated rings. The number of alkyl halides is 5. The number of hydrogen-bond donors (Lipinski definition) is 2. The lowest BCUT2D eigenvalue weighted by Crippen LogP contribution is -2.54. The lowest BCUT2D eigenvalue weighted by atomic mass is 9.95. The lowest BCUT2D eigenvalue weighted by molar-refractivity contribution is -0.710. The van der Waals surface area contributed by atoms with E-state index in [0.717, 1.165) is 31.9 Å². The van der Waals surface area contributed by atoms with Gasteiger partial charge in [0.1, 0.15) is 6.21 Å². The van der Waals surface area contributed by atoms with Gasteiger partial charge in [0.25, 0.3) is 6.43 Å². The maximum Gasteiger partial charge on any atom is 0.632 e. The monoisotopic (exact) mass is 487 g/mol. The second-order valence-corrected chi connectivity index (χ2v) is 8.98. The third kappa shape index (κ3) is 15.3. The molecule has 0 aromatic carbocycles. The van der Waals surface area contributed by atoms with E-state index in [4.69, 9.17) is 10.8 Å². The molecule has 33 heavy (non-hydrogen) atoms. The Morgan fingerprint density at radius 3 is 1.64 bits per heavy atom. The molecule has 9 heteroatoms. The van der Waals surface area contributed by atoms with Gasteiger partial charge in [0, 0.05) is 12.8 Å². The molecule has 0 radical (unpaired) electrons. The van der Waals surface area contributed by atoms with Gasteiger partial charge < -0.3 is 10.8 Å². The van der Waals surface area contributed by atoms with Crippen molar-refractivity contribution in [2.75, 3.05) is 6.54 Å². The molecule has 0 amide bonds.